The van der Waals surface area contributed by atoms with Gasteiger partial charge in [-0.1, -0.05) is 54.6 Å². The first kappa shape index (κ1) is 38.1. The number of rotatable bonds is 7. The largest absolute Gasteiger partial charge is 0.489 e. The molecule has 0 unspecified atom stereocenters. The minimum Gasteiger partial charge on any atom is -0.489 e. The van der Waals surface area contributed by atoms with Crippen LogP contribution < -0.4 is 9.64 Å². The maximum absolute atomic E-state index is 15.0. The maximum atomic E-state index is 15.0. The van der Waals surface area contributed by atoms with E-state index in [9.17, 15) is 14.4 Å². The number of carbonyl (C=O) groups is 3. The van der Waals surface area contributed by atoms with Gasteiger partial charge in [-0.3, -0.25) is 9.59 Å². The highest BCUT2D eigenvalue weighted by Gasteiger charge is 2.34. The monoisotopic (exact) mass is 764 g/mol. The molecule has 294 valence electrons. The summed E-state index contributed by atoms with van der Waals surface area (Å²) in [5, 5.41) is 0. The summed E-state index contributed by atoms with van der Waals surface area (Å²) in [5.74, 6) is 0.595. The molecule has 3 aliphatic heterocycles. The van der Waals surface area contributed by atoms with E-state index < -0.39 is 5.60 Å². The van der Waals surface area contributed by atoms with Gasteiger partial charge in [-0.25, -0.2) is 4.79 Å². The Morgan fingerprint density at radius 3 is 2.26 bits per heavy atom. The van der Waals surface area contributed by atoms with Crippen molar-refractivity contribution in [1.29, 1.82) is 0 Å². The molecule has 0 bridgehead atoms. The first-order valence-corrected chi connectivity index (χ1v) is 20.2. The van der Waals surface area contributed by atoms with E-state index in [4.69, 9.17) is 9.47 Å². The van der Waals surface area contributed by atoms with Crippen LogP contribution >= 0.6 is 0 Å². The molecule has 0 saturated carbocycles. The van der Waals surface area contributed by atoms with Crippen molar-refractivity contribution in [3.8, 4) is 17.0 Å². The average Bonchev–Trinajstić information content (AvgIpc) is 3.60. The molecule has 3 amide bonds. The van der Waals surface area contributed by atoms with Crippen LogP contribution in [-0.4, -0.2) is 57.5 Å². The minimum atomic E-state index is -0.610. The van der Waals surface area contributed by atoms with Crippen LogP contribution in [0.2, 0.25) is 0 Å². The van der Waals surface area contributed by atoms with Gasteiger partial charge in [-0.05, 0) is 130 Å². The highest BCUT2D eigenvalue weighted by atomic mass is 16.6. The van der Waals surface area contributed by atoms with E-state index in [0.717, 1.165) is 82.9 Å². The van der Waals surface area contributed by atoms with Crippen LogP contribution in [0.4, 0.5) is 10.5 Å². The van der Waals surface area contributed by atoms with Crippen molar-refractivity contribution in [2.75, 3.05) is 18.5 Å². The first-order valence-electron chi connectivity index (χ1n) is 20.2. The van der Waals surface area contributed by atoms with E-state index >= 15 is 0 Å². The van der Waals surface area contributed by atoms with Gasteiger partial charge in [0.2, 0.25) is 0 Å². The fourth-order valence-corrected chi connectivity index (χ4v) is 8.48. The van der Waals surface area contributed by atoms with Crippen LogP contribution in [-0.2, 0) is 50.2 Å². The summed E-state index contributed by atoms with van der Waals surface area (Å²) < 4.78 is 14.0. The quantitative estimate of drug-likeness (QED) is 0.165. The molecule has 0 aliphatic carbocycles. The van der Waals surface area contributed by atoms with E-state index in [1.54, 1.807) is 9.80 Å². The molecule has 4 aromatic carbocycles. The number of benzene rings is 4. The molecule has 8 rings (SSSR count). The summed E-state index contributed by atoms with van der Waals surface area (Å²) in [4.78, 5) is 48.1. The highest BCUT2D eigenvalue weighted by Crippen LogP contribution is 2.38. The number of carbonyl (C=O) groups excluding carboxylic acids is 3. The number of hydrogen-bond acceptors (Lipinski definition) is 5. The second kappa shape index (κ2) is 15.6. The van der Waals surface area contributed by atoms with Crippen LogP contribution in [0.5, 0.6) is 5.75 Å². The van der Waals surface area contributed by atoms with E-state index in [1.807, 2.05) is 106 Å². The molecule has 9 nitrogen and oxygen atoms in total. The molecule has 5 aromatic rings. The van der Waals surface area contributed by atoms with Crippen molar-refractivity contribution in [3.05, 3.63) is 142 Å². The van der Waals surface area contributed by atoms with Crippen molar-refractivity contribution in [2.24, 2.45) is 0 Å². The van der Waals surface area contributed by atoms with Crippen molar-refractivity contribution < 1.29 is 23.9 Å². The lowest BCUT2D eigenvalue weighted by molar-refractivity contribution is 0.0224. The molecule has 0 fully saturated rings. The lowest BCUT2D eigenvalue weighted by Crippen LogP contribution is -2.43. The predicted molar refractivity (Wildman–Crippen MR) is 223 cm³/mol. The Balaban J connectivity index is 1.14. The first-order chi connectivity index (χ1) is 27.4. The van der Waals surface area contributed by atoms with Crippen molar-refractivity contribution in [1.82, 2.24) is 14.4 Å². The number of fused-ring (bicyclic) bond motifs is 3. The SMILES string of the molecule is C[C@@H]1Cc2ccccc2CN1C(=O)c1cc2c(cc1-c1cc(C(=O)N(C)c3ccc(OCc4ccccc4)cc3)c3n1CCCC3)CCN(C(=O)OC(C)(C)C)C2. The zero-order valence-corrected chi connectivity index (χ0v) is 33.7. The number of ether oxygens (including phenoxy) is 2. The third-order valence-corrected chi connectivity index (χ3v) is 11.5. The second-order valence-corrected chi connectivity index (χ2v) is 16.7. The van der Waals surface area contributed by atoms with Gasteiger partial charge in [0, 0.05) is 67.5 Å². The maximum Gasteiger partial charge on any atom is 0.410 e. The molecule has 0 saturated heterocycles. The van der Waals surface area contributed by atoms with Gasteiger partial charge >= 0.3 is 6.09 Å². The molecular weight excluding hydrogens is 713 g/mol. The Labute approximate surface area is 335 Å². The van der Waals surface area contributed by atoms with E-state index in [1.165, 1.54) is 5.56 Å². The van der Waals surface area contributed by atoms with Gasteiger partial charge in [-0.2, -0.15) is 0 Å². The standard InChI is InChI=1S/C48H52N4O5/c1-32-25-34-15-9-10-16-36(34)30-52(32)46(54)41-27-37-29-50(47(55)57-48(2,3)4)24-22-35(37)26-40(41)44-28-42(43-17-11-12-23-51(43)44)45(53)49(5)38-18-20-39(21-19-38)56-31-33-13-7-6-8-14-33/h6-10,13-16,18-21,26-28,32H,11-12,17,22-25,29-31H2,1-5H3/t32-/m1/s1. The van der Waals surface area contributed by atoms with Crippen molar-refractivity contribution in [2.45, 2.75) is 97.7 Å². The number of anilines is 1. The van der Waals surface area contributed by atoms with Crippen LogP contribution in [0.25, 0.3) is 11.3 Å². The Morgan fingerprint density at radius 1 is 0.772 bits per heavy atom. The fraction of sp³-hybridized carbons (Fsp3) is 0.354. The normalized spacial score (nSPS) is 16.3. The molecule has 0 radical (unpaired) electrons. The van der Waals surface area contributed by atoms with Gasteiger partial charge in [0.25, 0.3) is 11.8 Å². The molecule has 1 aromatic heterocycles. The molecule has 0 N–H and O–H groups in total. The molecule has 4 heterocycles. The number of amides is 3. The smallest absolute Gasteiger partial charge is 0.410 e. The minimum absolute atomic E-state index is 0.00306. The van der Waals surface area contributed by atoms with Crippen molar-refractivity contribution >= 4 is 23.6 Å². The highest BCUT2D eigenvalue weighted by molar-refractivity contribution is 6.08. The number of aromatic nitrogens is 1. The molecular formula is C48H52N4O5. The lowest BCUT2D eigenvalue weighted by atomic mass is 9.90. The Morgan fingerprint density at radius 2 is 1.51 bits per heavy atom. The van der Waals surface area contributed by atoms with E-state index in [0.29, 0.717) is 43.8 Å². The average molecular weight is 765 g/mol. The number of nitrogens with zero attached hydrogens (tertiary/aromatic N) is 4. The zero-order valence-electron chi connectivity index (χ0n) is 33.7. The van der Waals surface area contributed by atoms with E-state index in [-0.39, 0.29) is 23.9 Å². The lowest BCUT2D eigenvalue weighted by Gasteiger charge is -2.36. The summed E-state index contributed by atoms with van der Waals surface area (Å²) in [7, 11) is 1.81. The Hall–Kier alpha value is -5.83. The number of hydrogen-bond donors (Lipinski definition) is 0. The molecule has 1 atom stereocenters. The molecule has 57 heavy (non-hydrogen) atoms. The fourth-order valence-electron chi connectivity index (χ4n) is 8.48. The third-order valence-electron chi connectivity index (χ3n) is 11.5. The van der Waals surface area contributed by atoms with Crippen LogP contribution in [0.3, 0.4) is 0 Å². The molecule has 9 heteroatoms. The van der Waals surface area contributed by atoms with Gasteiger partial charge in [-0.15, -0.1) is 0 Å². The summed E-state index contributed by atoms with van der Waals surface area (Å²) in [5.41, 5.74) is 9.70. The van der Waals surface area contributed by atoms with Gasteiger partial charge < -0.3 is 28.7 Å². The van der Waals surface area contributed by atoms with Gasteiger partial charge in [0.05, 0.1) is 5.56 Å². The van der Waals surface area contributed by atoms with Gasteiger partial charge in [0.1, 0.15) is 18.0 Å². The second-order valence-electron chi connectivity index (χ2n) is 16.7. The molecule has 3 aliphatic rings. The Kier molecular flexibility index (Phi) is 10.4. The topological polar surface area (TPSA) is 84.3 Å². The summed E-state index contributed by atoms with van der Waals surface area (Å²) in [6, 6.07) is 32.2. The summed E-state index contributed by atoms with van der Waals surface area (Å²) in [6.45, 7) is 10.4. The van der Waals surface area contributed by atoms with Crippen LogP contribution in [0.1, 0.15) is 94.8 Å². The summed E-state index contributed by atoms with van der Waals surface area (Å²) >= 11 is 0. The summed E-state index contributed by atoms with van der Waals surface area (Å²) in [6.07, 6.45) is 3.81. The third kappa shape index (κ3) is 7.93. The van der Waals surface area contributed by atoms with E-state index in [2.05, 4.69) is 35.8 Å². The Bertz CT molecular complexity index is 2310. The molecule has 0 spiro atoms. The zero-order chi connectivity index (χ0) is 39.8. The van der Waals surface area contributed by atoms with Crippen LogP contribution in [0, 0.1) is 0 Å². The van der Waals surface area contributed by atoms with Crippen molar-refractivity contribution in [3.63, 3.8) is 0 Å². The van der Waals surface area contributed by atoms with Gasteiger partial charge in [0.15, 0.2) is 0 Å². The predicted octanol–water partition coefficient (Wildman–Crippen LogP) is 9.23. The van der Waals surface area contributed by atoms with Crippen LogP contribution in [0.15, 0.2) is 97.1 Å².